The van der Waals surface area contributed by atoms with Gasteiger partial charge in [0.1, 0.15) is 0 Å². The number of anilines is 1. The van der Waals surface area contributed by atoms with Crippen LogP contribution in [0, 0.1) is 0 Å². The van der Waals surface area contributed by atoms with Gasteiger partial charge in [-0.15, -0.1) is 5.53 Å². The van der Waals surface area contributed by atoms with E-state index in [0.29, 0.717) is 5.11 Å². The zero-order chi connectivity index (χ0) is 11.5. The van der Waals surface area contributed by atoms with E-state index in [1.165, 1.54) is 12.2 Å². The van der Waals surface area contributed by atoms with Crippen LogP contribution in [0.4, 0.5) is 5.69 Å². The fourth-order valence-electron chi connectivity index (χ4n) is 1.32. The Labute approximate surface area is 98.1 Å². The van der Waals surface area contributed by atoms with Crippen molar-refractivity contribution in [1.29, 1.82) is 0 Å². The number of rotatable bonds is 2. The highest BCUT2D eigenvalue weighted by atomic mass is 32.1. The molecule has 0 bridgehead atoms. The van der Waals surface area contributed by atoms with Crippen LogP contribution in [0.5, 0.6) is 0 Å². The monoisotopic (exact) mass is 237 g/mol. The molecule has 1 saturated heterocycles. The van der Waals surface area contributed by atoms with Crippen LogP contribution in [0.2, 0.25) is 0 Å². The fraction of sp³-hybridized carbons (Fsp3) is 0.111. The molecule has 0 saturated carbocycles. The maximum Gasteiger partial charge on any atom is 0.233 e. The SMILES string of the molecule is CC(=O)NN1NNC(=S)N1c1ccccc1. The van der Waals surface area contributed by atoms with Gasteiger partial charge in [0.05, 0.1) is 5.69 Å². The third-order valence-electron chi connectivity index (χ3n) is 1.93. The molecule has 1 amide bonds. The van der Waals surface area contributed by atoms with E-state index in [4.69, 9.17) is 12.2 Å². The van der Waals surface area contributed by atoms with E-state index in [0.717, 1.165) is 5.69 Å². The molecule has 6 nitrogen and oxygen atoms in total. The molecule has 2 rings (SSSR count). The Hall–Kier alpha value is -1.70. The Kier molecular flexibility index (Phi) is 3.00. The Balaban J connectivity index is 2.23. The molecule has 1 heterocycles. The van der Waals surface area contributed by atoms with Crippen LogP contribution in [0.1, 0.15) is 6.92 Å². The van der Waals surface area contributed by atoms with Crippen LogP contribution in [-0.2, 0) is 4.79 Å². The van der Waals surface area contributed by atoms with Crippen molar-refractivity contribution >= 4 is 28.9 Å². The lowest BCUT2D eigenvalue weighted by Gasteiger charge is -2.25. The van der Waals surface area contributed by atoms with Crippen LogP contribution in [0.15, 0.2) is 30.3 Å². The van der Waals surface area contributed by atoms with Gasteiger partial charge in [-0.2, -0.15) is 0 Å². The normalized spacial score (nSPS) is 16.1. The summed E-state index contributed by atoms with van der Waals surface area (Å²) in [6, 6.07) is 9.46. The first-order valence-electron chi connectivity index (χ1n) is 4.66. The minimum atomic E-state index is -0.195. The number of hydrogen-bond acceptors (Lipinski definition) is 4. The Morgan fingerprint density at radius 3 is 2.69 bits per heavy atom. The number of hydrogen-bond donors (Lipinski definition) is 3. The van der Waals surface area contributed by atoms with E-state index in [1.807, 2.05) is 30.3 Å². The van der Waals surface area contributed by atoms with Gasteiger partial charge in [-0.25, -0.2) is 5.01 Å². The summed E-state index contributed by atoms with van der Waals surface area (Å²) in [5.41, 5.74) is 8.89. The number of benzene rings is 1. The third-order valence-corrected chi connectivity index (χ3v) is 2.20. The van der Waals surface area contributed by atoms with Crippen molar-refractivity contribution in [2.45, 2.75) is 6.92 Å². The number of para-hydroxylation sites is 1. The molecule has 0 unspecified atom stereocenters. The summed E-state index contributed by atoms with van der Waals surface area (Å²) in [7, 11) is 0. The summed E-state index contributed by atoms with van der Waals surface area (Å²) in [5.74, 6) is -0.195. The average molecular weight is 237 g/mol. The molecule has 0 radical (unpaired) electrons. The summed E-state index contributed by atoms with van der Waals surface area (Å²) in [6.07, 6.45) is 0. The highest BCUT2D eigenvalue weighted by molar-refractivity contribution is 7.80. The molecule has 1 aromatic carbocycles. The van der Waals surface area contributed by atoms with Gasteiger partial charge in [0, 0.05) is 6.92 Å². The van der Waals surface area contributed by atoms with Crippen LogP contribution < -0.4 is 21.4 Å². The topological polar surface area (TPSA) is 59.6 Å². The quantitative estimate of drug-likeness (QED) is 0.633. The Morgan fingerprint density at radius 1 is 1.38 bits per heavy atom. The zero-order valence-electron chi connectivity index (χ0n) is 8.60. The second-order valence-corrected chi connectivity index (χ2v) is 3.56. The van der Waals surface area contributed by atoms with Crippen LogP contribution >= 0.6 is 12.2 Å². The first-order valence-corrected chi connectivity index (χ1v) is 5.07. The highest BCUT2D eigenvalue weighted by Gasteiger charge is 2.27. The lowest BCUT2D eigenvalue weighted by Crippen LogP contribution is -2.54. The minimum absolute atomic E-state index is 0.195. The number of nitrogens with zero attached hydrogens (tertiary/aromatic N) is 2. The van der Waals surface area contributed by atoms with Crippen molar-refractivity contribution in [2.75, 3.05) is 5.01 Å². The highest BCUT2D eigenvalue weighted by Crippen LogP contribution is 2.15. The predicted octanol–water partition coefficient (Wildman–Crippen LogP) is 0.0688. The summed E-state index contributed by atoms with van der Waals surface area (Å²) in [6.45, 7) is 1.42. The molecule has 1 fully saturated rings. The van der Waals surface area contributed by atoms with Gasteiger partial charge < -0.3 is 0 Å². The molecular formula is C9H11N5OS. The largest absolute Gasteiger partial charge is 0.280 e. The zero-order valence-corrected chi connectivity index (χ0v) is 9.41. The van der Waals surface area contributed by atoms with Crippen molar-refractivity contribution in [1.82, 2.24) is 21.6 Å². The van der Waals surface area contributed by atoms with Crippen molar-refractivity contribution in [2.24, 2.45) is 0 Å². The van der Waals surface area contributed by atoms with E-state index >= 15 is 0 Å². The van der Waals surface area contributed by atoms with E-state index in [-0.39, 0.29) is 5.91 Å². The standard InChI is InChI=1S/C9H11N5OS/c1-7(15)11-14-12-10-9(16)13(14)8-5-3-2-4-6-8/h2-6,12H,1H3,(H,10,16)(H,11,15). The van der Waals surface area contributed by atoms with Gasteiger partial charge in [0.25, 0.3) is 0 Å². The number of carbonyl (C=O) groups is 1. The summed E-state index contributed by atoms with van der Waals surface area (Å²) < 4.78 is 0. The smallest absolute Gasteiger partial charge is 0.233 e. The van der Waals surface area contributed by atoms with E-state index < -0.39 is 0 Å². The van der Waals surface area contributed by atoms with Crippen LogP contribution in [0.25, 0.3) is 0 Å². The lowest BCUT2D eigenvalue weighted by atomic mass is 10.3. The van der Waals surface area contributed by atoms with Crippen LogP contribution in [0.3, 0.4) is 0 Å². The number of nitrogens with one attached hydrogen (secondary N) is 3. The maximum absolute atomic E-state index is 11.0. The Morgan fingerprint density at radius 2 is 2.06 bits per heavy atom. The average Bonchev–Trinajstić information content (AvgIpc) is 2.60. The lowest BCUT2D eigenvalue weighted by molar-refractivity contribution is -0.124. The van der Waals surface area contributed by atoms with Gasteiger partial charge in [-0.3, -0.25) is 15.6 Å². The van der Waals surface area contributed by atoms with Crippen molar-refractivity contribution in [3.8, 4) is 0 Å². The molecule has 0 aliphatic carbocycles. The van der Waals surface area contributed by atoms with E-state index in [1.54, 1.807) is 5.01 Å². The van der Waals surface area contributed by atoms with Crippen LogP contribution in [-0.4, -0.2) is 16.2 Å². The molecule has 84 valence electrons. The second kappa shape index (κ2) is 4.44. The summed E-state index contributed by atoms with van der Waals surface area (Å²) in [4.78, 5) is 11.0. The third kappa shape index (κ3) is 2.11. The van der Waals surface area contributed by atoms with E-state index in [9.17, 15) is 4.79 Å². The van der Waals surface area contributed by atoms with Gasteiger partial charge in [-0.1, -0.05) is 18.2 Å². The van der Waals surface area contributed by atoms with Crippen molar-refractivity contribution < 1.29 is 4.79 Å². The number of thiocarbonyl (C=S) groups is 1. The molecule has 0 atom stereocenters. The number of hydrazine groups is 4. The van der Waals surface area contributed by atoms with Gasteiger partial charge >= 0.3 is 0 Å². The molecule has 3 N–H and O–H groups in total. The minimum Gasteiger partial charge on any atom is -0.280 e. The molecule has 1 aromatic rings. The molecule has 7 heteroatoms. The first kappa shape index (κ1) is 10.8. The Bertz CT molecular complexity index is 410. The molecule has 0 spiro atoms. The maximum atomic E-state index is 11.0. The summed E-state index contributed by atoms with van der Waals surface area (Å²) in [5, 5.41) is 3.48. The second-order valence-electron chi connectivity index (χ2n) is 3.17. The van der Waals surface area contributed by atoms with Gasteiger partial charge in [0.15, 0.2) is 0 Å². The molecular weight excluding hydrogens is 226 g/mol. The van der Waals surface area contributed by atoms with Gasteiger partial charge in [-0.05, 0) is 29.6 Å². The van der Waals surface area contributed by atoms with E-state index in [2.05, 4.69) is 16.4 Å². The first-order chi connectivity index (χ1) is 7.68. The molecule has 16 heavy (non-hydrogen) atoms. The van der Waals surface area contributed by atoms with Crippen molar-refractivity contribution in [3.05, 3.63) is 30.3 Å². The molecule has 1 aliphatic rings. The molecule has 0 aromatic heterocycles. The van der Waals surface area contributed by atoms with Crippen molar-refractivity contribution in [3.63, 3.8) is 0 Å². The number of carbonyl (C=O) groups excluding carboxylic acids is 1. The fourth-order valence-corrected chi connectivity index (χ4v) is 1.56. The number of amides is 1. The predicted molar refractivity (Wildman–Crippen MR) is 63.4 cm³/mol. The summed E-state index contributed by atoms with van der Waals surface area (Å²) >= 11 is 5.11. The van der Waals surface area contributed by atoms with Gasteiger partial charge in [0.2, 0.25) is 11.0 Å². The molecule has 1 aliphatic heterocycles.